The highest BCUT2D eigenvalue weighted by Gasteiger charge is 2.14. The molecule has 0 amide bonds. The fraction of sp³-hybridized carbons (Fsp3) is 0.222. The Morgan fingerprint density at radius 3 is 2.88 bits per heavy atom. The lowest BCUT2D eigenvalue weighted by atomic mass is 10.2. The number of carboxylic acids is 1. The molecule has 16 heavy (non-hydrogen) atoms. The third-order valence-corrected chi connectivity index (χ3v) is 2.14. The first-order valence-electron chi connectivity index (χ1n) is 4.50. The summed E-state index contributed by atoms with van der Waals surface area (Å²) in [6.07, 6.45) is 0. The van der Waals surface area contributed by atoms with Crippen molar-refractivity contribution in [2.24, 2.45) is 0 Å². The summed E-state index contributed by atoms with van der Waals surface area (Å²) in [7, 11) is 0. The van der Waals surface area contributed by atoms with E-state index in [0.29, 0.717) is 5.52 Å². The first-order valence-corrected chi connectivity index (χ1v) is 4.50. The molecule has 0 aliphatic carbocycles. The maximum absolute atomic E-state index is 13.4. The summed E-state index contributed by atoms with van der Waals surface area (Å²) in [5, 5.41) is 24.8. The molecule has 0 unspecified atom stereocenters. The van der Waals surface area contributed by atoms with Gasteiger partial charge in [-0.1, -0.05) is 5.21 Å². The van der Waals surface area contributed by atoms with Gasteiger partial charge in [0.1, 0.15) is 11.3 Å². The van der Waals surface area contributed by atoms with Crippen LogP contribution in [-0.4, -0.2) is 37.8 Å². The van der Waals surface area contributed by atoms with Crippen LogP contribution in [0.25, 0.3) is 11.0 Å². The fourth-order valence-electron chi connectivity index (χ4n) is 1.41. The van der Waals surface area contributed by atoms with Crippen molar-refractivity contribution in [3.8, 4) is 0 Å². The molecule has 0 aliphatic heterocycles. The zero-order valence-electron chi connectivity index (χ0n) is 8.09. The van der Waals surface area contributed by atoms with Gasteiger partial charge >= 0.3 is 5.97 Å². The second kappa shape index (κ2) is 3.86. The summed E-state index contributed by atoms with van der Waals surface area (Å²) in [6.45, 7) is 0.0309. The molecular weight excluding hydrogens is 217 g/mol. The molecule has 1 heterocycles. The van der Waals surface area contributed by atoms with Gasteiger partial charge in [0.15, 0.2) is 0 Å². The number of hydrogen-bond acceptors (Lipinski definition) is 4. The van der Waals surface area contributed by atoms with Crippen LogP contribution in [0.1, 0.15) is 10.4 Å². The number of carboxylic acid groups (broad SMARTS) is 1. The quantitative estimate of drug-likeness (QED) is 0.782. The van der Waals surface area contributed by atoms with Crippen molar-refractivity contribution in [1.29, 1.82) is 0 Å². The summed E-state index contributed by atoms with van der Waals surface area (Å²) in [5.74, 6) is -2.20. The Balaban J connectivity index is 2.61. The van der Waals surface area contributed by atoms with Crippen molar-refractivity contribution in [2.75, 3.05) is 6.61 Å². The SMILES string of the molecule is O=C(O)c1cc2nnn(CCO)c2cc1F. The van der Waals surface area contributed by atoms with E-state index in [2.05, 4.69) is 10.3 Å². The first kappa shape index (κ1) is 10.5. The van der Waals surface area contributed by atoms with Gasteiger partial charge in [0.25, 0.3) is 0 Å². The number of aliphatic hydroxyl groups excluding tert-OH is 1. The van der Waals surface area contributed by atoms with Gasteiger partial charge in [0, 0.05) is 6.07 Å². The average molecular weight is 225 g/mol. The third kappa shape index (κ3) is 1.61. The molecule has 0 radical (unpaired) electrons. The van der Waals surface area contributed by atoms with Crippen molar-refractivity contribution in [3.63, 3.8) is 0 Å². The third-order valence-electron chi connectivity index (χ3n) is 2.14. The van der Waals surface area contributed by atoms with Crippen molar-refractivity contribution >= 4 is 17.0 Å². The lowest BCUT2D eigenvalue weighted by molar-refractivity contribution is 0.0692. The second-order valence-electron chi connectivity index (χ2n) is 3.16. The average Bonchev–Trinajstić information content (AvgIpc) is 2.60. The molecule has 0 spiro atoms. The van der Waals surface area contributed by atoms with E-state index in [1.165, 1.54) is 4.68 Å². The zero-order valence-corrected chi connectivity index (χ0v) is 8.09. The molecule has 6 nitrogen and oxygen atoms in total. The Morgan fingerprint density at radius 2 is 2.25 bits per heavy atom. The van der Waals surface area contributed by atoms with Gasteiger partial charge in [0.2, 0.25) is 0 Å². The highest BCUT2D eigenvalue weighted by Crippen LogP contribution is 2.17. The molecule has 0 bridgehead atoms. The number of rotatable bonds is 3. The van der Waals surface area contributed by atoms with E-state index < -0.39 is 17.3 Å². The summed E-state index contributed by atoms with van der Waals surface area (Å²) >= 11 is 0. The van der Waals surface area contributed by atoms with Gasteiger partial charge in [-0.2, -0.15) is 0 Å². The van der Waals surface area contributed by atoms with Gasteiger partial charge < -0.3 is 10.2 Å². The van der Waals surface area contributed by atoms with Crippen LogP contribution in [0.15, 0.2) is 12.1 Å². The second-order valence-corrected chi connectivity index (χ2v) is 3.16. The summed E-state index contributed by atoms with van der Waals surface area (Å²) in [6, 6.07) is 2.17. The summed E-state index contributed by atoms with van der Waals surface area (Å²) in [5.41, 5.74) is 0.201. The maximum atomic E-state index is 13.4. The predicted molar refractivity (Wildman–Crippen MR) is 51.5 cm³/mol. The molecule has 2 aromatic rings. The Morgan fingerprint density at radius 1 is 1.50 bits per heavy atom. The van der Waals surface area contributed by atoms with Crippen LogP contribution in [0.3, 0.4) is 0 Å². The molecule has 7 heteroatoms. The van der Waals surface area contributed by atoms with Crippen LogP contribution in [0.2, 0.25) is 0 Å². The van der Waals surface area contributed by atoms with E-state index in [1.54, 1.807) is 0 Å². The van der Waals surface area contributed by atoms with Crippen molar-refractivity contribution in [3.05, 3.63) is 23.5 Å². The number of benzene rings is 1. The van der Waals surface area contributed by atoms with E-state index >= 15 is 0 Å². The van der Waals surface area contributed by atoms with Gasteiger partial charge in [-0.3, -0.25) is 0 Å². The number of aromatic nitrogens is 3. The largest absolute Gasteiger partial charge is 0.478 e. The van der Waals surface area contributed by atoms with Crippen LogP contribution in [0.4, 0.5) is 4.39 Å². The highest BCUT2D eigenvalue weighted by atomic mass is 19.1. The molecular formula is C9H8FN3O3. The predicted octanol–water partition coefficient (Wildman–Crippen LogP) is 0.261. The zero-order chi connectivity index (χ0) is 11.7. The van der Waals surface area contributed by atoms with Gasteiger partial charge in [0.05, 0.1) is 24.2 Å². The Bertz CT molecular complexity index is 552. The van der Waals surface area contributed by atoms with E-state index in [-0.39, 0.29) is 18.7 Å². The Hall–Kier alpha value is -2.02. The molecule has 0 aliphatic rings. The van der Waals surface area contributed by atoms with Crippen molar-refractivity contribution in [2.45, 2.75) is 6.54 Å². The minimum Gasteiger partial charge on any atom is -0.478 e. The number of halogens is 1. The highest BCUT2D eigenvalue weighted by molar-refractivity contribution is 5.92. The van der Waals surface area contributed by atoms with Crippen molar-refractivity contribution in [1.82, 2.24) is 15.0 Å². The van der Waals surface area contributed by atoms with Gasteiger partial charge in [-0.05, 0) is 6.07 Å². The molecule has 84 valence electrons. The minimum atomic E-state index is -1.35. The fourth-order valence-corrected chi connectivity index (χ4v) is 1.41. The lowest BCUT2D eigenvalue weighted by Crippen LogP contribution is -2.05. The number of nitrogens with zero attached hydrogens (tertiary/aromatic N) is 3. The lowest BCUT2D eigenvalue weighted by Gasteiger charge is -2.00. The number of hydrogen-bond donors (Lipinski definition) is 2. The molecule has 0 saturated carbocycles. The number of aliphatic hydroxyl groups is 1. The van der Waals surface area contributed by atoms with E-state index in [0.717, 1.165) is 12.1 Å². The van der Waals surface area contributed by atoms with Crippen molar-refractivity contribution < 1.29 is 19.4 Å². The molecule has 0 atom stereocenters. The first-order chi connectivity index (χ1) is 7.63. The summed E-state index contributed by atoms with van der Waals surface area (Å²) in [4.78, 5) is 10.7. The van der Waals surface area contributed by atoms with Crippen LogP contribution in [0.5, 0.6) is 0 Å². The van der Waals surface area contributed by atoms with E-state index in [1.807, 2.05) is 0 Å². The summed E-state index contributed by atoms with van der Waals surface area (Å²) < 4.78 is 14.7. The topological polar surface area (TPSA) is 88.2 Å². The molecule has 1 aromatic heterocycles. The molecule has 2 rings (SSSR count). The Kier molecular flexibility index (Phi) is 2.53. The molecule has 0 fully saturated rings. The van der Waals surface area contributed by atoms with Crippen LogP contribution in [-0.2, 0) is 6.54 Å². The molecule has 0 saturated heterocycles. The van der Waals surface area contributed by atoms with Crippen LogP contribution < -0.4 is 0 Å². The standard InChI is InChI=1S/C9H8FN3O3/c10-6-4-8-7(3-5(6)9(15)16)11-12-13(8)1-2-14/h3-4,14H,1-2H2,(H,15,16). The maximum Gasteiger partial charge on any atom is 0.338 e. The number of carbonyl (C=O) groups is 1. The smallest absolute Gasteiger partial charge is 0.338 e. The van der Waals surface area contributed by atoms with E-state index in [9.17, 15) is 9.18 Å². The monoisotopic (exact) mass is 225 g/mol. The minimum absolute atomic E-state index is 0.152. The Labute approximate surface area is 88.9 Å². The van der Waals surface area contributed by atoms with Crippen LogP contribution >= 0.6 is 0 Å². The van der Waals surface area contributed by atoms with Crippen LogP contribution in [0, 0.1) is 5.82 Å². The number of aromatic carboxylic acids is 1. The van der Waals surface area contributed by atoms with Gasteiger partial charge in [-0.25, -0.2) is 13.9 Å². The van der Waals surface area contributed by atoms with E-state index in [4.69, 9.17) is 10.2 Å². The normalized spacial score (nSPS) is 10.9. The molecule has 1 aromatic carbocycles. The van der Waals surface area contributed by atoms with Gasteiger partial charge in [-0.15, -0.1) is 5.10 Å². The molecule has 2 N–H and O–H groups in total. The number of fused-ring (bicyclic) bond motifs is 1.